The van der Waals surface area contributed by atoms with Crippen molar-refractivity contribution < 1.29 is 18.6 Å². The Labute approximate surface area is 142 Å². The lowest BCUT2D eigenvalue weighted by atomic mass is 9.61. The first-order valence-electron chi connectivity index (χ1n) is 8.12. The quantitative estimate of drug-likeness (QED) is 0.894. The molecule has 1 atom stereocenters. The minimum atomic E-state index is -2.77. The highest BCUT2D eigenvalue weighted by Crippen LogP contribution is 2.59. The zero-order valence-corrected chi connectivity index (χ0v) is 13.4. The average Bonchev–Trinajstić information content (AvgIpc) is 2.56. The van der Waals surface area contributed by atoms with Crippen molar-refractivity contribution in [3.05, 3.63) is 64.1 Å². The van der Waals surface area contributed by atoms with Gasteiger partial charge in [-0.2, -0.15) is 0 Å². The minimum Gasteiger partial charge on any atom is -0.483 e. The molecule has 1 aromatic carbocycles. The zero-order chi connectivity index (χ0) is 17.7. The number of pyridine rings is 1. The minimum absolute atomic E-state index is 0.000597. The van der Waals surface area contributed by atoms with E-state index in [0.29, 0.717) is 0 Å². The van der Waals surface area contributed by atoms with Crippen molar-refractivity contribution in [1.29, 1.82) is 0 Å². The van der Waals surface area contributed by atoms with Crippen LogP contribution >= 0.6 is 0 Å². The Balaban J connectivity index is 1.66. The number of rotatable bonds is 3. The molecule has 2 aliphatic rings. The zero-order valence-electron chi connectivity index (χ0n) is 13.4. The fourth-order valence-electron chi connectivity index (χ4n) is 3.73. The van der Waals surface area contributed by atoms with Gasteiger partial charge >= 0.3 is 0 Å². The molecule has 1 unspecified atom stereocenters. The third-order valence-corrected chi connectivity index (χ3v) is 4.98. The van der Waals surface area contributed by atoms with Crippen molar-refractivity contribution in [3.8, 4) is 5.75 Å². The summed E-state index contributed by atoms with van der Waals surface area (Å²) < 4.78 is 34.0. The Morgan fingerprint density at radius 1 is 1.24 bits per heavy atom. The highest BCUT2D eigenvalue weighted by Gasteiger charge is 2.62. The van der Waals surface area contributed by atoms with Gasteiger partial charge in [-0.3, -0.25) is 9.47 Å². The number of alkyl halides is 2. The molecule has 7 heteroatoms. The van der Waals surface area contributed by atoms with Crippen molar-refractivity contribution in [2.75, 3.05) is 12.0 Å². The summed E-state index contributed by atoms with van der Waals surface area (Å²) in [6.07, 6.45) is -0.516. The van der Waals surface area contributed by atoms with E-state index in [-0.39, 0.29) is 30.0 Å². The lowest BCUT2D eigenvalue weighted by molar-refractivity contribution is -0.201. The number of hydrogen-bond acceptors (Lipinski definition) is 4. The maximum atomic E-state index is 13.4. The molecular weight excluding hydrogens is 330 g/mol. The maximum absolute atomic E-state index is 13.4. The first kappa shape index (κ1) is 16.1. The molecule has 5 nitrogen and oxygen atoms in total. The van der Waals surface area contributed by atoms with Crippen LogP contribution in [-0.4, -0.2) is 22.2 Å². The lowest BCUT2D eigenvalue weighted by Gasteiger charge is -2.53. The second kappa shape index (κ2) is 5.56. The maximum Gasteiger partial charge on any atom is 0.249 e. The van der Waals surface area contributed by atoms with Crippen LogP contribution in [-0.2, 0) is 6.61 Å². The van der Waals surface area contributed by atoms with Crippen molar-refractivity contribution in [2.24, 2.45) is 5.41 Å². The Morgan fingerprint density at radius 3 is 2.64 bits per heavy atom. The topological polar surface area (TPSA) is 63.5 Å². The molecule has 1 fully saturated rings. The third kappa shape index (κ3) is 2.68. The van der Waals surface area contributed by atoms with E-state index in [0.717, 1.165) is 5.56 Å². The summed E-state index contributed by atoms with van der Waals surface area (Å²) in [5, 5.41) is 10.8. The fraction of sp³-hybridized carbons (Fsp3) is 0.389. The molecule has 1 aliphatic carbocycles. The molecule has 2 heterocycles. The summed E-state index contributed by atoms with van der Waals surface area (Å²) in [6, 6.07) is 10.6. The highest BCUT2D eigenvalue weighted by atomic mass is 19.3. The largest absolute Gasteiger partial charge is 0.483 e. The van der Waals surface area contributed by atoms with Crippen LogP contribution in [0.25, 0.3) is 0 Å². The summed E-state index contributed by atoms with van der Waals surface area (Å²) in [5.41, 5.74) is 2.72. The van der Waals surface area contributed by atoms with Gasteiger partial charge in [-0.05, 0) is 5.56 Å². The summed E-state index contributed by atoms with van der Waals surface area (Å²) in [5.74, 6) is -2.77. The van der Waals surface area contributed by atoms with Crippen LogP contribution in [0.2, 0.25) is 0 Å². The molecule has 132 valence electrons. The summed E-state index contributed by atoms with van der Waals surface area (Å²) in [6.45, 7) is 0.376. The van der Waals surface area contributed by atoms with Gasteiger partial charge in [0.15, 0.2) is 5.75 Å². The van der Waals surface area contributed by atoms with Gasteiger partial charge < -0.3 is 15.3 Å². The van der Waals surface area contributed by atoms with Gasteiger partial charge in [-0.1, -0.05) is 30.3 Å². The van der Waals surface area contributed by atoms with Crippen molar-refractivity contribution in [1.82, 2.24) is 4.68 Å². The fourth-order valence-corrected chi connectivity index (χ4v) is 3.73. The smallest absolute Gasteiger partial charge is 0.249 e. The normalized spacial score (nSPS) is 22.6. The standard InChI is InChI=1S/C18H18F2N2O3/c19-18(20)9-17(10-18)11-21-22-7-6-13(23)15(14(22)16(17)24)25-8-12-4-2-1-3-5-12/h1-7,16,21,24H,8-11H2. The van der Waals surface area contributed by atoms with Gasteiger partial charge in [0.05, 0.1) is 0 Å². The number of nitrogens with one attached hydrogen (secondary N) is 1. The third-order valence-electron chi connectivity index (χ3n) is 4.98. The van der Waals surface area contributed by atoms with Gasteiger partial charge in [0, 0.05) is 37.1 Å². The van der Waals surface area contributed by atoms with Gasteiger partial charge in [0.1, 0.15) is 18.4 Å². The number of halogens is 2. The van der Waals surface area contributed by atoms with E-state index in [1.54, 1.807) is 0 Å². The van der Waals surface area contributed by atoms with E-state index in [2.05, 4.69) is 5.43 Å². The second-order valence-electron chi connectivity index (χ2n) is 6.85. The number of hydrogen-bond donors (Lipinski definition) is 2. The SMILES string of the molecule is O=c1ccn2c(c1OCc1ccccc1)C(O)C1(CN2)CC(F)(F)C1. The molecule has 2 aromatic rings. The molecule has 1 saturated carbocycles. The van der Waals surface area contributed by atoms with Gasteiger partial charge in [0.2, 0.25) is 11.4 Å². The molecular formula is C18H18F2N2O3. The molecule has 25 heavy (non-hydrogen) atoms. The molecule has 0 bridgehead atoms. The van der Waals surface area contributed by atoms with Crippen LogP contribution in [0.5, 0.6) is 5.75 Å². The summed E-state index contributed by atoms with van der Waals surface area (Å²) in [4.78, 5) is 12.3. The van der Waals surface area contributed by atoms with Gasteiger partial charge in [0.25, 0.3) is 0 Å². The molecule has 4 rings (SSSR count). The van der Waals surface area contributed by atoms with E-state index in [9.17, 15) is 18.7 Å². The molecule has 1 spiro atoms. The first-order valence-corrected chi connectivity index (χ1v) is 8.12. The van der Waals surface area contributed by atoms with Gasteiger partial charge in [-0.25, -0.2) is 8.78 Å². The molecule has 0 amide bonds. The van der Waals surface area contributed by atoms with Crippen LogP contribution in [0.3, 0.4) is 0 Å². The Hall–Kier alpha value is -2.41. The summed E-state index contributed by atoms with van der Waals surface area (Å²) >= 11 is 0. The lowest BCUT2D eigenvalue weighted by Crippen LogP contribution is -2.57. The number of benzene rings is 1. The Kier molecular flexibility index (Phi) is 3.57. The van der Waals surface area contributed by atoms with Crippen molar-refractivity contribution >= 4 is 0 Å². The Morgan fingerprint density at radius 2 is 1.96 bits per heavy atom. The van der Waals surface area contributed by atoms with E-state index in [1.807, 2.05) is 30.3 Å². The van der Waals surface area contributed by atoms with Gasteiger partial charge in [-0.15, -0.1) is 0 Å². The van der Waals surface area contributed by atoms with E-state index in [1.165, 1.54) is 16.9 Å². The predicted molar refractivity (Wildman–Crippen MR) is 87.3 cm³/mol. The van der Waals surface area contributed by atoms with Crippen LogP contribution < -0.4 is 15.6 Å². The first-order chi connectivity index (χ1) is 11.9. The van der Waals surface area contributed by atoms with E-state index >= 15 is 0 Å². The molecule has 0 radical (unpaired) electrons. The second-order valence-corrected chi connectivity index (χ2v) is 6.85. The number of aliphatic hydroxyl groups excluding tert-OH is 1. The highest BCUT2D eigenvalue weighted by molar-refractivity contribution is 5.36. The average molecular weight is 348 g/mol. The number of fused-ring (bicyclic) bond motifs is 1. The molecule has 1 aromatic heterocycles. The number of ether oxygens (including phenoxy) is 1. The monoisotopic (exact) mass is 348 g/mol. The summed E-state index contributed by atoms with van der Waals surface area (Å²) in [7, 11) is 0. The van der Waals surface area contributed by atoms with Crippen molar-refractivity contribution in [3.63, 3.8) is 0 Å². The van der Waals surface area contributed by atoms with Crippen LogP contribution in [0, 0.1) is 5.41 Å². The predicted octanol–water partition coefficient (Wildman–Crippen LogP) is 2.43. The number of aromatic nitrogens is 1. The molecule has 2 N–H and O–H groups in total. The number of aliphatic hydroxyl groups is 1. The van der Waals surface area contributed by atoms with E-state index < -0.39 is 30.3 Å². The van der Waals surface area contributed by atoms with Crippen LogP contribution in [0.15, 0.2) is 47.4 Å². The van der Waals surface area contributed by atoms with E-state index in [4.69, 9.17) is 4.74 Å². The molecule has 1 aliphatic heterocycles. The van der Waals surface area contributed by atoms with Crippen molar-refractivity contribution in [2.45, 2.75) is 31.5 Å². The Bertz CT molecular complexity index is 843. The molecule has 0 saturated heterocycles. The van der Waals surface area contributed by atoms with Crippen LogP contribution in [0.1, 0.15) is 30.2 Å². The number of nitrogens with zero attached hydrogens (tertiary/aromatic N) is 1. The van der Waals surface area contributed by atoms with Crippen LogP contribution in [0.4, 0.5) is 8.78 Å².